The minimum atomic E-state index is -0.681. The van der Waals surface area contributed by atoms with Crippen molar-refractivity contribution in [2.45, 2.75) is 0 Å². The second-order valence-electron chi connectivity index (χ2n) is 3.20. The summed E-state index contributed by atoms with van der Waals surface area (Å²) in [4.78, 5) is 26.3. The first-order valence-corrected chi connectivity index (χ1v) is 4.98. The molecule has 1 rings (SSSR count). The van der Waals surface area contributed by atoms with Gasteiger partial charge < -0.3 is 20.9 Å². The highest BCUT2D eigenvalue weighted by atomic mass is 16.5. The predicted molar refractivity (Wildman–Crippen MR) is 64.1 cm³/mol. The smallest absolute Gasteiger partial charge is 0.341 e. The molecule has 7 heteroatoms. The van der Waals surface area contributed by atoms with Crippen molar-refractivity contribution in [3.05, 3.63) is 29.8 Å². The van der Waals surface area contributed by atoms with Gasteiger partial charge in [0, 0.05) is 0 Å². The van der Waals surface area contributed by atoms with Gasteiger partial charge in [-0.3, -0.25) is 0 Å². The highest BCUT2D eigenvalue weighted by Crippen LogP contribution is 2.18. The van der Waals surface area contributed by atoms with Crippen LogP contribution in [0.2, 0.25) is 0 Å². The summed E-state index contributed by atoms with van der Waals surface area (Å²) in [6.07, 6.45) is 0. The molecule has 0 aliphatic rings. The molecule has 0 aliphatic carbocycles. The third-order valence-electron chi connectivity index (χ3n) is 1.91. The molecule has 0 aliphatic heterocycles. The molecular weight excluding hydrogens is 238 g/mol. The summed E-state index contributed by atoms with van der Waals surface area (Å²) in [5.74, 6) is -1.40. The van der Waals surface area contributed by atoms with Crippen LogP contribution in [0.25, 0.3) is 0 Å². The summed E-state index contributed by atoms with van der Waals surface area (Å²) in [6.45, 7) is -0.322. The van der Waals surface area contributed by atoms with Crippen LogP contribution in [0, 0.1) is 0 Å². The molecular formula is C11H13N3O4. The first-order chi connectivity index (χ1) is 8.54. The quantitative estimate of drug-likeness (QED) is 0.327. The topological polar surface area (TPSA) is 117 Å². The molecule has 7 nitrogen and oxygen atoms in total. The van der Waals surface area contributed by atoms with Crippen LogP contribution in [0.1, 0.15) is 10.4 Å². The Labute approximate surface area is 103 Å². The van der Waals surface area contributed by atoms with E-state index in [1.807, 2.05) is 0 Å². The molecule has 18 heavy (non-hydrogen) atoms. The number of nitrogens with two attached hydrogens (primary N) is 2. The van der Waals surface area contributed by atoms with E-state index in [1.54, 1.807) is 12.1 Å². The summed E-state index contributed by atoms with van der Waals surface area (Å²) in [6, 6.07) is 6.20. The Balaban J connectivity index is 2.81. The molecule has 0 saturated heterocycles. The number of hydrogen-bond donors (Lipinski definition) is 2. The van der Waals surface area contributed by atoms with Gasteiger partial charge in [0.15, 0.2) is 5.96 Å². The fraction of sp³-hybridized carbons (Fsp3) is 0.182. The van der Waals surface area contributed by atoms with Crippen LogP contribution in [-0.2, 0) is 9.53 Å². The van der Waals surface area contributed by atoms with Gasteiger partial charge in [0.25, 0.3) is 0 Å². The van der Waals surface area contributed by atoms with E-state index in [0.717, 1.165) is 0 Å². The zero-order valence-corrected chi connectivity index (χ0v) is 9.75. The van der Waals surface area contributed by atoms with Crippen molar-refractivity contribution in [1.82, 2.24) is 0 Å². The second kappa shape index (κ2) is 6.24. The van der Waals surface area contributed by atoms with Gasteiger partial charge in [-0.15, -0.1) is 0 Å². The van der Waals surface area contributed by atoms with Gasteiger partial charge >= 0.3 is 11.9 Å². The van der Waals surface area contributed by atoms with E-state index >= 15 is 0 Å². The van der Waals surface area contributed by atoms with Crippen molar-refractivity contribution in [1.29, 1.82) is 0 Å². The Morgan fingerprint density at radius 2 is 1.94 bits per heavy atom. The van der Waals surface area contributed by atoms with Crippen LogP contribution in [0.15, 0.2) is 29.3 Å². The Bertz CT molecular complexity index is 481. The molecule has 0 amide bonds. The van der Waals surface area contributed by atoms with Crippen LogP contribution in [-0.4, -0.2) is 31.6 Å². The van der Waals surface area contributed by atoms with Gasteiger partial charge in [0.05, 0.1) is 7.11 Å². The van der Waals surface area contributed by atoms with Crippen LogP contribution < -0.4 is 16.2 Å². The average molecular weight is 251 g/mol. The summed E-state index contributed by atoms with van der Waals surface area (Å²) in [5, 5.41) is 0. The number of para-hydroxylation sites is 1. The number of aliphatic imine (C=N–C) groups is 1. The van der Waals surface area contributed by atoms with E-state index in [1.165, 1.54) is 19.2 Å². The third kappa shape index (κ3) is 3.78. The van der Waals surface area contributed by atoms with E-state index in [4.69, 9.17) is 16.2 Å². The van der Waals surface area contributed by atoms with E-state index in [-0.39, 0.29) is 23.8 Å². The number of rotatable bonds is 4. The molecule has 0 atom stereocenters. The lowest BCUT2D eigenvalue weighted by Gasteiger charge is -2.07. The predicted octanol–water partition coefficient (Wildman–Crippen LogP) is -0.348. The second-order valence-corrected chi connectivity index (χ2v) is 3.20. The Morgan fingerprint density at radius 1 is 1.28 bits per heavy atom. The summed E-state index contributed by atoms with van der Waals surface area (Å²) >= 11 is 0. The minimum Gasteiger partial charge on any atom is -0.465 e. The number of nitrogens with zero attached hydrogens (tertiary/aromatic N) is 1. The molecule has 0 radical (unpaired) electrons. The molecule has 0 unspecified atom stereocenters. The van der Waals surface area contributed by atoms with Crippen molar-refractivity contribution in [3.8, 4) is 5.75 Å². The van der Waals surface area contributed by atoms with Crippen molar-refractivity contribution in [3.63, 3.8) is 0 Å². The maximum atomic E-state index is 11.4. The minimum absolute atomic E-state index is 0.0974. The number of carbonyl (C=O) groups is 2. The molecule has 1 aromatic rings. The monoisotopic (exact) mass is 251 g/mol. The Kier molecular flexibility index (Phi) is 4.67. The standard InChI is InChI=1S/C11H13N3O4/c1-17-10(16)7-4-2-3-5-8(7)18-9(15)6-14-11(12)13/h2-5H,6H2,1H3,(H4,12,13,14). The van der Waals surface area contributed by atoms with Crippen molar-refractivity contribution >= 4 is 17.9 Å². The van der Waals surface area contributed by atoms with E-state index in [0.29, 0.717) is 0 Å². The summed E-state index contributed by atoms with van der Waals surface area (Å²) in [7, 11) is 1.24. The fourth-order valence-electron chi connectivity index (χ4n) is 1.14. The summed E-state index contributed by atoms with van der Waals surface area (Å²) in [5.41, 5.74) is 10.3. The van der Waals surface area contributed by atoms with E-state index < -0.39 is 11.9 Å². The number of hydrogen-bond acceptors (Lipinski definition) is 5. The fourth-order valence-corrected chi connectivity index (χ4v) is 1.14. The molecule has 0 saturated carbocycles. The van der Waals surface area contributed by atoms with E-state index in [2.05, 4.69) is 9.73 Å². The van der Waals surface area contributed by atoms with Crippen molar-refractivity contribution < 1.29 is 19.1 Å². The highest BCUT2D eigenvalue weighted by Gasteiger charge is 2.14. The van der Waals surface area contributed by atoms with Crippen LogP contribution in [0.4, 0.5) is 0 Å². The number of esters is 2. The van der Waals surface area contributed by atoms with Crippen molar-refractivity contribution in [2.24, 2.45) is 16.5 Å². The largest absolute Gasteiger partial charge is 0.465 e. The molecule has 96 valence electrons. The molecule has 0 spiro atoms. The van der Waals surface area contributed by atoms with Gasteiger partial charge in [-0.2, -0.15) is 0 Å². The van der Waals surface area contributed by atoms with Crippen LogP contribution in [0.3, 0.4) is 0 Å². The van der Waals surface area contributed by atoms with Gasteiger partial charge in [-0.05, 0) is 12.1 Å². The van der Waals surface area contributed by atoms with E-state index in [9.17, 15) is 9.59 Å². The number of ether oxygens (including phenoxy) is 2. The molecule has 4 N–H and O–H groups in total. The first-order valence-electron chi connectivity index (χ1n) is 4.98. The molecule has 1 aromatic carbocycles. The van der Waals surface area contributed by atoms with Gasteiger partial charge in [0.2, 0.25) is 0 Å². The third-order valence-corrected chi connectivity index (χ3v) is 1.91. The van der Waals surface area contributed by atoms with Gasteiger partial charge in [-0.1, -0.05) is 12.1 Å². The molecule has 0 heterocycles. The Hall–Kier alpha value is -2.57. The van der Waals surface area contributed by atoms with Gasteiger partial charge in [-0.25, -0.2) is 14.6 Å². The highest BCUT2D eigenvalue weighted by molar-refractivity contribution is 5.93. The maximum absolute atomic E-state index is 11.4. The number of guanidine groups is 1. The van der Waals surface area contributed by atoms with Crippen molar-refractivity contribution in [2.75, 3.05) is 13.7 Å². The molecule has 0 bridgehead atoms. The maximum Gasteiger partial charge on any atom is 0.341 e. The summed E-state index contributed by atoms with van der Waals surface area (Å²) < 4.78 is 9.52. The average Bonchev–Trinajstić information content (AvgIpc) is 2.36. The zero-order valence-electron chi connectivity index (χ0n) is 9.75. The SMILES string of the molecule is COC(=O)c1ccccc1OC(=O)CN=C(N)N. The number of benzene rings is 1. The number of carbonyl (C=O) groups excluding carboxylic acids is 2. The van der Waals surface area contributed by atoms with Crippen LogP contribution in [0.5, 0.6) is 5.75 Å². The zero-order chi connectivity index (χ0) is 13.5. The normalized spacial score (nSPS) is 9.39. The van der Waals surface area contributed by atoms with Gasteiger partial charge in [0.1, 0.15) is 17.9 Å². The lowest BCUT2D eigenvalue weighted by atomic mass is 10.2. The number of methoxy groups -OCH3 is 1. The van der Waals surface area contributed by atoms with Crippen LogP contribution >= 0.6 is 0 Å². The Morgan fingerprint density at radius 3 is 2.56 bits per heavy atom. The first kappa shape index (κ1) is 13.5. The molecule has 0 aromatic heterocycles. The molecule has 0 fully saturated rings. The lowest BCUT2D eigenvalue weighted by molar-refractivity contribution is -0.132. The lowest BCUT2D eigenvalue weighted by Crippen LogP contribution is -2.25.